The Bertz CT molecular complexity index is 397. The maximum Gasteiger partial charge on any atom is 0.225 e. The predicted octanol–water partition coefficient (Wildman–Crippen LogP) is 1.70. The van der Waals surface area contributed by atoms with Gasteiger partial charge in [-0.25, -0.2) is 9.97 Å². The molecule has 0 amide bonds. The minimum Gasteiger partial charge on any atom is -0.336 e. The first kappa shape index (κ1) is 12.3. The van der Waals surface area contributed by atoms with E-state index in [1.807, 2.05) is 12.3 Å². The molecule has 0 bridgehead atoms. The highest BCUT2D eigenvalue weighted by atomic mass is 15.3. The van der Waals surface area contributed by atoms with Crippen LogP contribution in [0.3, 0.4) is 0 Å². The standard InChI is InChI=1S/C13H22N4/c1-9-10(14)6-8-17(9)12-15-7-5-11(16-12)13(2,3)4/h5,7,9-10H,6,8,14H2,1-4H3. The molecule has 1 aliphatic heterocycles. The summed E-state index contributed by atoms with van der Waals surface area (Å²) in [4.78, 5) is 11.3. The van der Waals surface area contributed by atoms with Crippen LogP contribution in [0.15, 0.2) is 12.3 Å². The number of nitrogens with two attached hydrogens (primary N) is 1. The second kappa shape index (κ2) is 4.26. The molecule has 0 radical (unpaired) electrons. The van der Waals surface area contributed by atoms with Crippen LogP contribution in [-0.2, 0) is 5.41 Å². The van der Waals surface area contributed by atoms with E-state index in [0.717, 1.165) is 24.6 Å². The molecule has 1 aromatic rings. The van der Waals surface area contributed by atoms with Gasteiger partial charge in [0, 0.05) is 30.2 Å². The summed E-state index contributed by atoms with van der Waals surface area (Å²) in [5.41, 5.74) is 7.17. The third kappa shape index (κ3) is 2.41. The third-order valence-corrected chi connectivity index (χ3v) is 3.48. The molecule has 2 unspecified atom stereocenters. The molecule has 2 N–H and O–H groups in total. The molecule has 1 fully saturated rings. The summed E-state index contributed by atoms with van der Waals surface area (Å²) in [7, 11) is 0. The van der Waals surface area contributed by atoms with Gasteiger partial charge in [0.2, 0.25) is 5.95 Å². The molecule has 0 spiro atoms. The lowest BCUT2D eigenvalue weighted by Crippen LogP contribution is -2.37. The minimum absolute atomic E-state index is 0.0583. The smallest absolute Gasteiger partial charge is 0.225 e. The molecule has 94 valence electrons. The van der Waals surface area contributed by atoms with Gasteiger partial charge < -0.3 is 10.6 Å². The number of nitrogens with zero attached hydrogens (tertiary/aromatic N) is 3. The van der Waals surface area contributed by atoms with Gasteiger partial charge >= 0.3 is 0 Å². The van der Waals surface area contributed by atoms with Gasteiger partial charge in [0.25, 0.3) is 0 Å². The van der Waals surface area contributed by atoms with Gasteiger partial charge in [0.15, 0.2) is 0 Å². The van der Waals surface area contributed by atoms with Gasteiger partial charge in [-0.15, -0.1) is 0 Å². The summed E-state index contributed by atoms with van der Waals surface area (Å²) in [6, 6.07) is 2.55. The van der Waals surface area contributed by atoms with Crippen molar-refractivity contribution in [3.05, 3.63) is 18.0 Å². The lowest BCUT2D eigenvalue weighted by atomic mass is 9.92. The summed E-state index contributed by atoms with van der Waals surface area (Å²) in [6.07, 6.45) is 2.86. The average molecular weight is 234 g/mol. The van der Waals surface area contributed by atoms with E-state index in [9.17, 15) is 0 Å². The number of anilines is 1. The quantitative estimate of drug-likeness (QED) is 0.803. The molecule has 2 rings (SSSR count). The van der Waals surface area contributed by atoms with Crippen molar-refractivity contribution in [1.82, 2.24) is 9.97 Å². The number of hydrogen-bond donors (Lipinski definition) is 1. The van der Waals surface area contributed by atoms with Crippen molar-refractivity contribution >= 4 is 5.95 Å². The normalized spacial score (nSPS) is 25.4. The first-order chi connectivity index (χ1) is 7.89. The van der Waals surface area contributed by atoms with E-state index in [4.69, 9.17) is 5.73 Å². The van der Waals surface area contributed by atoms with Crippen LogP contribution in [-0.4, -0.2) is 28.6 Å². The topological polar surface area (TPSA) is 55.0 Å². The van der Waals surface area contributed by atoms with Crippen LogP contribution < -0.4 is 10.6 Å². The minimum atomic E-state index is 0.0583. The molecular formula is C13H22N4. The van der Waals surface area contributed by atoms with Crippen LogP contribution in [0.2, 0.25) is 0 Å². The van der Waals surface area contributed by atoms with Gasteiger partial charge in [-0.05, 0) is 19.4 Å². The van der Waals surface area contributed by atoms with Gasteiger partial charge in [-0.1, -0.05) is 20.8 Å². The molecule has 17 heavy (non-hydrogen) atoms. The molecule has 0 aliphatic carbocycles. The van der Waals surface area contributed by atoms with Crippen LogP contribution in [0.5, 0.6) is 0 Å². The van der Waals surface area contributed by atoms with E-state index < -0.39 is 0 Å². The van der Waals surface area contributed by atoms with Crippen molar-refractivity contribution in [3.8, 4) is 0 Å². The van der Waals surface area contributed by atoms with Gasteiger partial charge in [0.1, 0.15) is 0 Å². The van der Waals surface area contributed by atoms with Crippen molar-refractivity contribution in [3.63, 3.8) is 0 Å². The maximum absolute atomic E-state index is 6.03. The van der Waals surface area contributed by atoms with Crippen molar-refractivity contribution in [1.29, 1.82) is 0 Å². The Labute approximate surface area is 103 Å². The van der Waals surface area contributed by atoms with E-state index in [2.05, 4.69) is 42.6 Å². The molecule has 4 nitrogen and oxygen atoms in total. The SMILES string of the molecule is CC1C(N)CCN1c1nccc(C(C)(C)C)n1. The zero-order valence-corrected chi connectivity index (χ0v) is 11.1. The maximum atomic E-state index is 6.03. The van der Waals surface area contributed by atoms with Crippen molar-refractivity contribution < 1.29 is 0 Å². The lowest BCUT2D eigenvalue weighted by Gasteiger charge is -2.25. The largest absolute Gasteiger partial charge is 0.336 e. The van der Waals surface area contributed by atoms with Gasteiger partial charge in [-0.2, -0.15) is 0 Å². The van der Waals surface area contributed by atoms with Gasteiger partial charge in [-0.3, -0.25) is 0 Å². The fourth-order valence-corrected chi connectivity index (χ4v) is 2.15. The van der Waals surface area contributed by atoms with E-state index >= 15 is 0 Å². The van der Waals surface area contributed by atoms with E-state index in [1.54, 1.807) is 0 Å². The predicted molar refractivity (Wildman–Crippen MR) is 70.1 cm³/mol. The van der Waals surface area contributed by atoms with Crippen LogP contribution in [0.25, 0.3) is 0 Å². The van der Waals surface area contributed by atoms with Crippen LogP contribution in [0.1, 0.15) is 39.8 Å². The van der Waals surface area contributed by atoms with Crippen LogP contribution in [0.4, 0.5) is 5.95 Å². The first-order valence-electron chi connectivity index (χ1n) is 6.25. The Morgan fingerprint density at radius 3 is 2.65 bits per heavy atom. The number of aromatic nitrogens is 2. The Morgan fingerprint density at radius 1 is 1.41 bits per heavy atom. The molecule has 2 atom stereocenters. The molecule has 0 saturated carbocycles. The van der Waals surface area contributed by atoms with Crippen molar-refractivity contribution in [2.45, 2.75) is 51.6 Å². The van der Waals surface area contributed by atoms with Crippen LogP contribution in [0, 0.1) is 0 Å². The van der Waals surface area contributed by atoms with E-state index in [0.29, 0.717) is 6.04 Å². The summed E-state index contributed by atoms with van der Waals surface area (Å²) < 4.78 is 0. The van der Waals surface area contributed by atoms with Crippen molar-refractivity contribution in [2.75, 3.05) is 11.4 Å². The second-order valence-corrected chi connectivity index (χ2v) is 5.88. The Kier molecular flexibility index (Phi) is 3.08. The Morgan fingerprint density at radius 2 is 2.12 bits per heavy atom. The van der Waals surface area contributed by atoms with Crippen LogP contribution >= 0.6 is 0 Å². The summed E-state index contributed by atoms with van der Waals surface area (Å²) >= 11 is 0. The molecule has 1 aromatic heterocycles. The summed E-state index contributed by atoms with van der Waals surface area (Å²) in [5, 5.41) is 0. The van der Waals surface area contributed by atoms with E-state index in [1.165, 1.54) is 0 Å². The summed E-state index contributed by atoms with van der Waals surface area (Å²) in [5.74, 6) is 0.817. The fourth-order valence-electron chi connectivity index (χ4n) is 2.15. The molecular weight excluding hydrogens is 212 g/mol. The molecule has 1 saturated heterocycles. The number of hydrogen-bond acceptors (Lipinski definition) is 4. The zero-order valence-electron chi connectivity index (χ0n) is 11.1. The first-order valence-corrected chi connectivity index (χ1v) is 6.25. The molecule has 4 heteroatoms. The highest BCUT2D eigenvalue weighted by molar-refractivity contribution is 5.36. The molecule has 0 aromatic carbocycles. The molecule has 1 aliphatic rings. The summed E-state index contributed by atoms with van der Waals surface area (Å²) in [6.45, 7) is 9.59. The average Bonchev–Trinajstić information content (AvgIpc) is 2.59. The Hall–Kier alpha value is -1.16. The Balaban J connectivity index is 2.28. The highest BCUT2D eigenvalue weighted by Gasteiger charge is 2.30. The van der Waals surface area contributed by atoms with Crippen molar-refractivity contribution in [2.24, 2.45) is 5.73 Å². The second-order valence-electron chi connectivity index (χ2n) is 5.88. The van der Waals surface area contributed by atoms with E-state index in [-0.39, 0.29) is 11.5 Å². The third-order valence-electron chi connectivity index (χ3n) is 3.48. The monoisotopic (exact) mass is 234 g/mol. The number of rotatable bonds is 1. The fraction of sp³-hybridized carbons (Fsp3) is 0.692. The lowest BCUT2D eigenvalue weighted by molar-refractivity contribution is 0.562. The van der Waals surface area contributed by atoms with Gasteiger partial charge in [0.05, 0.1) is 5.69 Å². The highest BCUT2D eigenvalue weighted by Crippen LogP contribution is 2.25. The molecule has 2 heterocycles. The zero-order chi connectivity index (χ0) is 12.6.